The molecule has 0 bridgehead atoms. The van der Waals surface area contributed by atoms with Gasteiger partial charge < -0.3 is 29.4 Å². The number of ether oxygens (including phenoxy) is 3. The number of aryl methyl sites for hydroxylation is 1. The van der Waals surface area contributed by atoms with Crippen LogP contribution < -0.4 is 20.3 Å². The monoisotopic (exact) mass is 495 g/mol. The molecule has 0 spiro atoms. The molecule has 1 aromatic heterocycles. The number of thiocarbonyl (C=S) groups is 1. The standard InChI is InChI=1S/C27H33N3O4S/c1-18-6-4-7-20-15-21(26(31)29-25(18)20)16-30(17-22-8-5-13-34-22)27(35)28-12-11-19-9-10-23(32-2)24(14-19)33-3/h4,6-7,9-10,14-15,22H,5,8,11-13,16-17H2,1-3H3,(H,28,35)(H,29,31)/t22-/m1/s1. The van der Waals surface area contributed by atoms with E-state index in [9.17, 15) is 4.79 Å². The van der Waals surface area contributed by atoms with Crippen molar-refractivity contribution in [3.8, 4) is 11.5 Å². The molecule has 1 saturated heterocycles. The average Bonchev–Trinajstić information content (AvgIpc) is 3.37. The Labute approximate surface area is 211 Å². The summed E-state index contributed by atoms with van der Waals surface area (Å²) in [6.07, 6.45) is 2.93. The second kappa shape index (κ2) is 11.6. The maximum absolute atomic E-state index is 12.9. The van der Waals surface area contributed by atoms with Gasteiger partial charge in [0.15, 0.2) is 16.6 Å². The van der Waals surface area contributed by atoms with Crippen LogP contribution in [0.15, 0.2) is 47.3 Å². The van der Waals surface area contributed by atoms with Crippen LogP contribution in [0.1, 0.15) is 29.5 Å². The van der Waals surface area contributed by atoms with Gasteiger partial charge in [0.1, 0.15) is 0 Å². The molecule has 8 heteroatoms. The van der Waals surface area contributed by atoms with Gasteiger partial charge in [-0.25, -0.2) is 0 Å². The number of para-hydroxylation sites is 1. The smallest absolute Gasteiger partial charge is 0.253 e. The van der Waals surface area contributed by atoms with E-state index in [2.05, 4.69) is 10.3 Å². The number of rotatable bonds is 9. The second-order valence-corrected chi connectivity index (χ2v) is 9.24. The Kier molecular flexibility index (Phi) is 8.25. The first kappa shape index (κ1) is 25.0. The number of benzene rings is 2. The Morgan fingerprint density at radius 2 is 2.03 bits per heavy atom. The van der Waals surface area contributed by atoms with E-state index in [1.807, 2.05) is 54.3 Å². The largest absolute Gasteiger partial charge is 0.493 e. The van der Waals surface area contributed by atoms with Crippen LogP contribution in [-0.4, -0.2) is 55.0 Å². The molecule has 0 aliphatic carbocycles. The van der Waals surface area contributed by atoms with Gasteiger partial charge >= 0.3 is 0 Å². The van der Waals surface area contributed by atoms with Crippen molar-refractivity contribution in [3.05, 3.63) is 69.5 Å². The number of H-pyrrole nitrogens is 1. The lowest BCUT2D eigenvalue weighted by Crippen LogP contribution is -2.44. The van der Waals surface area contributed by atoms with E-state index in [0.717, 1.165) is 47.9 Å². The maximum atomic E-state index is 12.9. The van der Waals surface area contributed by atoms with Crippen molar-refractivity contribution in [2.75, 3.05) is 33.9 Å². The summed E-state index contributed by atoms with van der Waals surface area (Å²) in [5.41, 5.74) is 3.64. The Morgan fingerprint density at radius 1 is 1.20 bits per heavy atom. The molecule has 1 fully saturated rings. The zero-order chi connectivity index (χ0) is 24.8. The number of methoxy groups -OCH3 is 2. The molecule has 1 aliphatic heterocycles. The number of hydrogen-bond acceptors (Lipinski definition) is 5. The quantitative estimate of drug-likeness (QED) is 0.435. The number of nitrogens with zero attached hydrogens (tertiary/aromatic N) is 1. The third kappa shape index (κ3) is 6.13. The summed E-state index contributed by atoms with van der Waals surface area (Å²) < 4.78 is 16.6. The second-order valence-electron chi connectivity index (χ2n) is 8.85. The van der Waals surface area contributed by atoms with Gasteiger partial charge in [0.25, 0.3) is 5.56 Å². The van der Waals surface area contributed by atoms with Gasteiger partial charge in [0, 0.05) is 25.3 Å². The van der Waals surface area contributed by atoms with Gasteiger partial charge in [-0.15, -0.1) is 0 Å². The fourth-order valence-electron chi connectivity index (χ4n) is 4.47. The van der Waals surface area contributed by atoms with Gasteiger partial charge in [0.05, 0.1) is 32.4 Å². The molecule has 3 aromatic rings. The molecule has 7 nitrogen and oxygen atoms in total. The number of fused-ring (bicyclic) bond motifs is 1. The summed E-state index contributed by atoms with van der Waals surface area (Å²) >= 11 is 5.78. The predicted octanol–water partition coefficient (Wildman–Crippen LogP) is 3.95. The minimum absolute atomic E-state index is 0.0859. The molecule has 1 atom stereocenters. The van der Waals surface area contributed by atoms with E-state index < -0.39 is 0 Å². The number of hydrogen-bond donors (Lipinski definition) is 2. The first-order valence-electron chi connectivity index (χ1n) is 11.9. The summed E-state index contributed by atoms with van der Waals surface area (Å²) in [4.78, 5) is 18.0. The van der Waals surface area contributed by atoms with Crippen LogP contribution in [0, 0.1) is 6.92 Å². The first-order valence-corrected chi connectivity index (χ1v) is 12.4. The van der Waals surface area contributed by atoms with Crippen LogP contribution in [0.2, 0.25) is 0 Å². The van der Waals surface area contributed by atoms with Crippen LogP contribution in [0.3, 0.4) is 0 Å². The van der Waals surface area contributed by atoms with Gasteiger partial charge in [-0.2, -0.15) is 0 Å². The lowest BCUT2D eigenvalue weighted by atomic mass is 10.1. The van der Waals surface area contributed by atoms with Crippen molar-refractivity contribution in [1.29, 1.82) is 0 Å². The molecule has 2 N–H and O–H groups in total. The zero-order valence-corrected chi connectivity index (χ0v) is 21.4. The Hall–Kier alpha value is -3.10. The third-order valence-electron chi connectivity index (χ3n) is 6.40. The minimum atomic E-state index is -0.0859. The van der Waals surface area contributed by atoms with E-state index in [4.69, 9.17) is 26.4 Å². The van der Waals surface area contributed by atoms with Crippen molar-refractivity contribution < 1.29 is 14.2 Å². The summed E-state index contributed by atoms with van der Waals surface area (Å²) in [5.74, 6) is 1.41. The van der Waals surface area contributed by atoms with Gasteiger partial charge in [-0.1, -0.05) is 24.3 Å². The van der Waals surface area contributed by atoms with Gasteiger partial charge in [-0.3, -0.25) is 4.79 Å². The maximum Gasteiger partial charge on any atom is 0.253 e. The van der Waals surface area contributed by atoms with E-state index >= 15 is 0 Å². The molecule has 2 aromatic carbocycles. The molecular weight excluding hydrogens is 462 g/mol. The summed E-state index contributed by atoms with van der Waals surface area (Å²) in [7, 11) is 3.26. The molecule has 0 amide bonds. The highest BCUT2D eigenvalue weighted by atomic mass is 32.1. The Balaban J connectivity index is 1.46. The molecule has 4 rings (SSSR count). The zero-order valence-electron chi connectivity index (χ0n) is 20.6. The average molecular weight is 496 g/mol. The van der Waals surface area contributed by atoms with Crippen LogP contribution >= 0.6 is 12.2 Å². The number of nitrogens with one attached hydrogen (secondary N) is 2. The van der Waals surface area contributed by atoms with Crippen molar-refractivity contribution >= 4 is 28.2 Å². The van der Waals surface area contributed by atoms with E-state index in [0.29, 0.717) is 41.8 Å². The molecule has 0 radical (unpaired) electrons. The third-order valence-corrected chi connectivity index (χ3v) is 6.80. The summed E-state index contributed by atoms with van der Waals surface area (Å²) in [6, 6.07) is 13.9. The molecule has 0 unspecified atom stereocenters. The van der Waals surface area contributed by atoms with Gasteiger partial charge in [-0.05, 0) is 73.1 Å². The fraction of sp³-hybridized carbons (Fsp3) is 0.407. The van der Waals surface area contributed by atoms with Crippen molar-refractivity contribution in [1.82, 2.24) is 15.2 Å². The fourth-order valence-corrected chi connectivity index (χ4v) is 4.71. The highest BCUT2D eigenvalue weighted by Crippen LogP contribution is 2.27. The lowest BCUT2D eigenvalue weighted by Gasteiger charge is -2.28. The number of pyridine rings is 1. The van der Waals surface area contributed by atoms with Crippen LogP contribution in [-0.2, 0) is 17.7 Å². The molecule has 0 saturated carbocycles. The predicted molar refractivity (Wildman–Crippen MR) is 143 cm³/mol. The summed E-state index contributed by atoms with van der Waals surface area (Å²) in [6.45, 7) is 4.49. The summed E-state index contributed by atoms with van der Waals surface area (Å²) in [5, 5.41) is 5.01. The Bertz CT molecular complexity index is 1240. The van der Waals surface area contributed by atoms with E-state index in [-0.39, 0.29) is 11.7 Å². The molecule has 2 heterocycles. The van der Waals surface area contributed by atoms with Crippen LogP contribution in [0.25, 0.3) is 10.9 Å². The highest BCUT2D eigenvalue weighted by Gasteiger charge is 2.22. The molecule has 35 heavy (non-hydrogen) atoms. The highest BCUT2D eigenvalue weighted by molar-refractivity contribution is 7.80. The van der Waals surface area contributed by atoms with Crippen molar-refractivity contribution in [2.24, 2.45) is 0 Å². The number of aromatic amines is 1. The van der Waals surface area contributed by atoms with Crippen molar-refractivity contribution in [3.63, 3.8) is 0 Å². The van der Waals surface area contributed by atoms with E-state index in [1.165, 1.54) is 0 Å². The first-order chi connectivity index (χ1) is 17.0. The van der Waals surface area contributed by atoms with Crippen molar-refractivity contribution in [2.45, 2.75) is 38.8 Å². The lowest BCUT2D eigenvalue weighted by molar-refractivity contribution is 0.0897. The normalized spacial score (nSPS) is 15.2. The molecule has 1 aliphatic rings. The minimum Gasteiger partial charge on any atom is -0.493 e. The van der Waals surface area contributed by atoms with Crippen LogP contribution in [0.4, 0.5) is 0 Å². The van der Waals surface area contributed by atoms with E-state index in [1.54, 1.807) is 14.2 Å². The topological polar surface area (TPSA) is 75.8 Å². The SMILES string of the molecule is COc1ccc(CCNC(=S)N(Cc2cc3cccc(C)c3[nH]c2=O)C[C@H]2CCCO2)cc1OC. The Morgan fingerprint density at radius 3 is 2.77 bits per heavy atom. The number of aromatic nitrogens is 1. The van der Waals surface area contributed by atoms with Crippen LogP contribution in [0.5, 0.6) is 11.5 Å². The molecular formula is C27H33N3O4S. The van der Waals surface area contributed by atoms with Gasteiger partial charge in [0.2, 0.25) is 0 Å². The molecule has 186 valence electrons.